The average molecular weight is 841 g/mol. The van der Waals surface area contributed by atoms with Crippen LogP contribution in [0.1, 0.15) is 258 Å². The third-order valence-corrected chi connectivity index (χ3v) is 11.1. The number of hydrogen-bond acceptors (Lipinski definition) is 6. The Morgan fingerprint density at radius 2 is 0.667 bits per heavy atom. The molecule has 0 amide bonds. The number of unbranched alkanes of at least 4 members (excludes halogenated alkanes) is 27. The lowest BCUT2D eigenvalue weighted by Crippen LogP contribution is -2.30. The monoisotopic (exact) mass is 841 g/mol. The van der Waals surface area contributed by atoms with E-state index in [1.165, 1.54) is 148 Å². The third kappa shape index (κ3) is 46.4. The van der Waals surface area contributed by atoms with Crippen LogP contribution in [0.2, 0.25) is 0 Å². The van der Waals surface area contributed by atoms with Crippen molar-refractivity contribution in [1.82, 2.24) is 0 Å². The molecular weight excluding hydrogens is 745 g/mol. The quantitative estimate of drug-likeness (QED) is 0.0263. The lowest BCUT2D eigenvalue weighted by molar-refractivity contribution is -0.167. The Labute approximate surface area is 371 Å². The first-order valence-electron chi connectivity index (χ1n) is 25.6. The molecule has 0 aromatic carbocycles. The van der Waals surface area contributed by atoms with Crippen molar-refractivity contribution in [3.8, 4) is 0 Å². The molecule has 0 aromatic heterocycles. The zero-order valence-corrected chi connectivity index (χ0v) is 39.7. The molecule has 0 bridgehead atoms. The number of hydrogen-bond donors (Lipinski definition) is 0. The second kappa shape index (κ2) is 49.0. The molecule has 0 spiro atoms. The van der Waals surface area contributed by atoms with Crippen LogP contribution in [0.3, 0.4) is 0 Å². The first kappa shape index (κ1) is 57.4. The highest BCUT2D eigenvalue weighted by Gasteiger charge is 2.19. The lowest BCUT2D eigenvalue weighted by atomic mass is 10.0. The summed E-state index contributed by atoms with van der Waals surface area (Å²) in [5.41, 5.74) is 0. The third-order valence-electron chi connectivity index (χ3n) is 11.1. The zero-order valence-electron chi connectivity index (χ0n) is 39.7. The summed E-state index contributed by atoms with van der Waals surface area (Å²) in [5, 5.41) is 0. The van der Waals surface area contributed by atoms with Gasteiger partial charge in [-0.2, -0.15) is 0 Å². The van der Waals surface area contributed by atoms with Gasteiger partial charge in [-0.1, -0.05) is 217 Å². The summed E-state index contributed by atoms with van der Waals surface area (Å²) in [5.74, 6) is -0.944. The molecule has 1 atom stereocenters. The summed E-state index contributed by atoms with van der Waals surface area (Å²) in [6.45, 7) is 6.48. The number of rotatable bonds is 46. The van der Waals surface area contributed by atoms with Gasteiger partial charge in [0.15, 0.2) is 6.10 Å². The predicted molar refractivity (Wildman–Crippen MR) is 256 cm³/mol. The van der Waals surface area contributed by atoms with Crippen molar-refractivity contribution in [3.05, 3.63) is 48.6 Å². The van der Waals surface area contributed by atoms with Crippen LogP contribution in [0.15, 0.2) is 48.6 Å². The molecule has 0 N–H and O–H groups in total. The smallest absolute Gasteiger partial charge is 0.306 e. The fourth-order valence-corrected chi connectivity index (χ4v) is 7.23. The van der Waals surface area contributed by atoms with Crippen LogP contribution in [-0.2, 0) is 28.6 Å². The molecule has 6 heteroatoms. The van der Waals surface area contributed by atoms with Gasteiger partial charge < -0.3 is 14.2 Å². The van der Waals surface area contributed by atoms with E-state index >= 15 is 0 Å². The van der Waals surface area contributed by atoms with Crippen molar-refractivity contribution < 1.29 is 28.6 Å². The Balaban J connectivity index is 4.34. The van der Waals surface area contributed by atoms with Gasteiger partial charge in [0.2, 0.25) is 0 Å². The molecular formula is C54H96O6. The summed E-state index contributed by atoms with van der Waals surface area (Å²) >= 11 is 0. The molecule has 0 radical (unpaired) electrons. The van der Waals surface area contributed by atoms with E-state index in [2.05, 4.69) is 69.4 Å². The van der Waals surface area contributed by atoms with Crippen molar-refractivity contribution in [1.29, 1.82) is 0 Å². The van der Waals surface area contributed by atoms with Gasteiger partial charge in [0, 0.05) is 19.3 Å². The van der Waals surface area contributed by atoms with Crippen LogP contribution in [0.4, 0.5) is 0 Å². The molecule has 0 aliphatic rings. The SMILES string of the molecule is CC/C=C\C/C=C\C/C=C\CCCC(=O)OCC(COC(=O)CCCCCCCCC/C=C\CCCCCCCCCC)OC(=O)CCCCCCCCCCCCCC. The molecule has 0 aliphatic carbocycles. The van der Waals surface area contributed by atoms with Gasteiger partial charge in [-0.3, -0.25) is 14.4 Å². The maximum absolute atomic E-state index is 12.7. The summed E-state index contributed by atoms with van der Waals surface area (Å²) in [6.07, 6.45) is 58.2. The van der Waals surface area contributed by atoms with E-state index in [1.807, 2.05) is 0 Å². The van der Waals surface area contributed by atoms with E-state index in [9.17, 15) is 14.4 Å². The Kier molecular flexibility index (Phi) is 46.9. The number of allylic oxidation sites excluding steroid dienone is 8. The van der Waals surface area contributed by atoms with Crippen molar-refractivity contribution in [2.24, 2.45) is 0 Å². The Hall–Kier alpha value is -2.63. The Morgan fingerprint density at radius 3 is 1.10 bits per heavy atom. The van der Waals surface area contributed by atoms with Crippen LogP contribution >= 0.6 is 0 Å². The first-order chi connectivity index (χ1) is 29.5. The maximum atomic E-state index is 12.7. The Bertz CT molecular complexity index is 1060. The minimum absolute atomic E-state index is 0.0889. The van der Waals surface area contributed by atoms with Crippen molar-refractivity contribution >= 4 is 17.9 Å². The van der Waals surface area contributed by atoms with Crippen LogP contribution < -0.4 is 0 Å². The molecule has 0 rings (SSSR count). The van der Waals surface area contributed by atoms with Gasteiger partial charge in [-0.25, -0.2) is 0 Å². The summed E-state index contributed by atoms with van der Waals surface area (Å²) in [4.78, 5) is 37.8. The van der Waals surface area contributed by atoms with E-state index in [4.69, 9.17) is 14.2 Å². The molecule has 1 unspecified atom stereocenters. The Morgan fingerprint density at radius 1 is 0.350 bits per heavy atom. The topological polar surface area (TPSA) is 78.9 Å². The number of carbonyl (C=O) groups is 3. The minimum atomic E-state index is -0.790. The van der Waals surface area contributed by atoms with E-state index in [0.29, 0.717) is 19.3 Å². The minimum Gasteiger partial charge on any atom is -0.462 e. The van der Waals surface area contributed by atoms with Gasteiger partial charge in [0.25, 0.3) is 0 Å². The number of carbonyl (C=O) groups excluding carboxylic acids is 3. The van der Waals surface area contributed by atoms with Crippen LogP contribution in [-0.4, -0.2) is 37.2 Å². The normalized spacial score (nSPS) is 12.4. The molecule has 6 nitrogen and oxygen atoms in total. The van der Waals surface area contributed by atoms with Crippen molar-refractivity contribution in [3.63, 3.8) is 0 Å². The van der Waals surface area contributed by atoms with Gasteiger partial charge in [-0.05, 0) is 70.6 Å². The van der Waals surface area contributed by atoms with E-state index in [1.54, 1.807) is 0 Å². The summed E-state index contributed by atoms with van der Waals surface area (Å²) in [7, 11) is 0. The molecule has 348 valence electrons. The zero-order chi connectivity index (χ0) is 43.7. The summed E-state index contributed by atoms with van der Waals surface area (Å²) in [6, 6.07) is 0. The molecule has 0 aliphatic heterocycles. The van der Waals surface area contributed by atoms with Gasteiger partial charge in [-0.15, -0.1) is 0 Å². The van der Waals surface area contributed by atoms with E-state index in [0.717, 1.165) is 64.2 Å². The van der Waals surface area contributed by atoms with Crippen molar-refractivity contribution in [2.75, 3.05) is 13.2 Å². The average Bonchev–Trinajstić information content (AvgIpc) is 3.24. The maximum Gasteiger partial charge on any atom is 0.306 e. The van der Waals surface area contributed by atoms with Gasteiger partial charge in [0.05, 0.1) is 0 Å². The summed E-state index contributed by atoms with van der Waals surface area (Å²) < 4.78 is 16.7. The highest BCUT2D eigenvalue weighted by molar-refractivity contribution is 5.71. The van der Waals surface area contributed by atoms with Crippen LogP contribution in [0.25, 0.3) is 0 Å². The largest absolute Gasteiger partial charge is 0.462 e. The molecule has 0 aromatic rings. The fraction of sp³-hybridized carbons (Fsp3) is 0.796. The highest BCUT2D eigenvalue weighted by Crippen LogP contribution is 2.15. The molecule has 0 saturated heterocycles. The molecule has 60 heavy (non-hydrogen) atoms. The van der Waals surface area contributed by atoms with Crippen molar-refractivity contribution in [2.45, 2.75) is 264 Å². The number of ether oxygens (including phenoxy) is 3. The van der Waals surface area contributed by atoms with E-state index < -0.39 is 6.10 Å². The van der Waals surface area contributed by atoms with Crippen LogP contribution in [0.5, 0.6) is 0 Å². The van der Waals surface area contributed by atoms with E-state index in [-0.39, 0.29) is 37.5 Å². The molecule has 0 heterocycles. The van der Waals surface area contributed by atoms with Crippen LogP contribution in [0, 0.1) is 0 Å². The number of esters is 3. The fourth-order valence-electron chi connectivity index (χ4n) is 7.23. The second-order valence-electron chi connectivity index (χ2n) is 17.1. The van der Waals surface area contributed by atoms with Gasteiger partial charge in [0.1, 0.15) is 13.2 Å². The lowest BCUT2D eigenvalue weighted by Gasteiger charge is -2.18. The predicted octanol–water partition coefficient (Wildman–Crippen LogP) is 16.7. The molecule has 0 fully saturated rings. The first-order valence-corrected chi connectivity index (χ1v) is 25.6. The van der Waals surface area contributed by atoms with Gasteiger partial charge >= 0.3 is 17.9 Å². The highest BCUT2D eigenvalue weighted by atomic mass is 16.6. The molecule has 0 saturated carbocycles. The standard InChI is InChI=1S/C54H96O6/c1-4-7-10-13-16-19-22-24-25-26-27-28-29-30-33-35-38-41-44-47-53(56)59-50-51(49-58-52(55)46-43-40-37-34-31-21-18-15-12-9-6-3)60-54(57)48-45-42-39-36-32-23-20-17-14-11-8-5-2/h9,12,18,21,26-27,34,37,51H,4-8,10-11,13-17,19-20,22-25,28-33,35-36,38-50H2,1-3H3/b12-9-,21-18-,27-26-,37-34-. The second-order valence-corrected chi connectivity index (χ2v) is 17.1.